The molecule has 0 fully saturated rings. The lowest BCUT2D eigenvalue weighted by atomic mass is 9.88. The van der Waals surface area contributed by atoms with E-state index < -0.39 is 34.7 Å². The lowest BCUT2D eigenvalue weighted by Crippen LogP contribution is -2.34. The molecule has 0 aliphatic rings. The summed E-state index contributed by atoms with van der Waals surface area (Å²) < 4.78 is 40.6. The van der Waals surface area contributed by atoms with E-state index in [2.05, 4.69) is 0 Å². The number of likely N-dealkylation sites (N-methyl/N-ethyl adjacent to an activating group) is 1. The third-order valence-electron chi connectivity index (χ3n) is 3.72. The molecule has 5 nitrogen and oxygen atoms in total. The number of rotatable bonds is 6. The van der Waals surface area contributed by atoms with Gasteiger partial charge in [0.2, 0.25) is 0 Å². The molecule has 0 aromatic carbocycles. The van der Waals surface area contributed by atoms with Crippen molar-refractivity contribution in [2.75, 3.05) is 20.6 Å². The minimum atomic E-state index is -4.66. The number of aliphatic carboxylic acids is 1. The van der Waals surface area contributed by atoms with Crippen LogP contribution in [0.3, 0.4) is 0 Å². The highest BCUT2D eigenvalue weighted by molar-refractivity contribution is 5.72. The molecule has 1 aromatic rings. The Morgan fingerprint density at radius 2 is 1.84 bits per heavy atom. The van der Waals surface area contributed by atoms with Crippen molar-refractivity contribution >= 4 is 5.97 Å². The number of hydrogen-bond acceptors (Lipinski definition) is 3. The SMILES string of the molecule is CN(C)CCc1cn(C(CC(C)(C)C)C(=O)O)c(=O)cc1C(F)(F)F. The van der Waals surface area contributed by atoms with Gasteiger partial charge >= 0.3 is 12.1 Å². The fourth-order valence-electron chi connectivity index (χ4n) is 2.53. The summed E-state index contributed by atoms with van der Waals surface area (Å²) in [6.45, 7) is 5.78. The highest BCUT2D eigenvalue weighted by atomic mass is 19.4. The standard InChI is InChI=1S/C17H25F3N2O3/c1-16(2,3)9-13(15(24)25)22-10-11(6-7-21(4)5)12(8-14(22)23)17(18,19)20/h8,10,13H,6-7,9H2,1-5H3,(H,24,25). The summed E-state index contributed by atoms with van der Waals surface area (Å²) >= 11 is 0. The molecule has 1 rings (SSSR count). The number of alkyl halides is 3. The van der Waals surface area contributed by atoms with E-state index in [0.717, 1.165) is 10.8 Å². The molecule has 0 amide bonds. The van der Waals surface area contributed by atoms with Crippen LogP contribution in [0.5, 0.6) is 0 Å². The first-order valence-corrected chi connectivity index (χ1v) is 7.92. The van der Waals surface area contributed by atoms with Gasteiger partial charge < -0.3 is 14.6 Å². The van der Waals surface area contributed by atoms with Crippen LogP contribution in [0.2, 0.25) is 0 Å². The maximum absolute atomic E-state index is 13.2. The summed E-state index contributed by atoms with van der Waals surface area (Å²) in [5.41, 5.74) is -2.45. The van der Waals surface area contributed by atoms with Gasteiger partial charge in [0.15, 0.2) is 0 Å². The molecule has 0 radical (unpaired) electrons. The van der Waals surface area contributed by atoms with Gasteiger partial charge in [-0.2, -0.15) is 13.2 Å². The normalized spacial score (nSPS) is 14.0. The van der Waals surface area contributed by atoms with Gasteiger partial charge in [-0.1, -0.05) is 20.8 Å². The quantitative estimate of drug-likeness (QED) is 0.845. The summed E-state index contributed by atoms with van der Waals surface area (Å²) in [6.07, 6.45) is -3.42. The Morgan fingerprint density at radius 3 is 2.24 bits per heavy atom. The topological polar surface area (TPSA) is 62.5 Å². The summed E-state index contributed by atoms with van der Waals surface area (Å²) in [5, 5.41) is 9.46. The number of pyridine rings is 1. The predicted octanol–water partition coefficient (Wildman–Crippen LogP) is 3.03. The third-order valence-corrected chi connectivity index (χ3v) is 3.72. The van der Waals surface area contributed by atoms with E-state index in [4.69, 9.17) is 0 Å². The lowest BCUT2D eigenvalue weighted by Gasteiger charge is -2.26. The molecule has 0 saturated heterocycles. The Balaban J connectivity index is 3.47. The highest BCUT2D eigenvalue weighted by Crippen LogP contribution is 2.33. The van der Waals surface area contributed by atoms with Gasteiger partial charge in [0.1, 0.15) is 6.04 Å². The smallest absolute Gasteiger partial charge is 0.416 e. The maximum atomic E-state index is 13.2. The Kier molecular flexibility index (Phi) is 6.44. The molecule has 1 atom stereocenters. The highest BCUT2D eigenvalue weighted by Gasteiger charge is 2.35. The van der Waals surface area contributed by atoms with Crippen molar-refractivity contribution in [2.45, 2.75) is 45.8 Å². The zero-order valence-electron chi connectivity index (χ0n) is 15.1. The largest absolute Gasteiger partial charge is 0.480 e. The van der Waals surface area contributed by atoms with Crippen LogP contribution in [0.25, 0.3) is 0 Å². The number of nitrogens with zero attached hydrogens (tertiary/aromatic N) is 2. The van der Waals surface area contributed by atoms with E-state index in [1.807, 2.05) is 20.8 Å². The first-order chi connectivity index (χ1) is 11.2. The fraction of sp³-hybridized carbons (Fsp3) is 0.647. The van der Waals surface area contributed by atoms with Crippen LogP contribution < -0.4 is 5.56 Å². The van der Waals surface area contributed by atoms with Crippen LogP contribution in [0.1, 0.15) is 44.4 Å². The van der Waals surface area contributed by atoms with Gasteiger partial charge in [-0.15, -0.1) is 0 Å². The van der Waals surface area contributed by atoms with Gasteiger partial charge in [-0.3, -0.25) is 4.79 Å². The van der Waals surface area contributed by atoms with Crippen molar-refractivity contribution in [3.63, 3.8) is 0 Å². The Morgan fingerprint density at radius 1 is 1.28 bits per heavy atom. The summed E-state index contributed by atoms with van der Waals surface area (Å²) in [6, 6.07) is -0.711. The van der Waals surface area contributed by atoms with Crippen LogP contribution in [0.4, 0.5) is 13.2 Å². The molecule has 142 valence electrons. The van der Waals surface area contributed by atoms with E-state index in [-0.39, 0.29) is 18.4 Å². The van der Waals surface area contributed by atoms with Crippen molar-refractivity contribution < 1.29 is 23.1 Å². The summed E-state index contributed by atoms with van der Waals surface area (Å²) in [7, 11) is 3.45. The number of aromatic nitrogens is 1. The van der Waals surface area contributed by atoms with Crippen LogP contribution in [0.15, 0.2) is 17.1 Å². The molecule has 8 heteroatoms. The molecule has 0 spiro atoms. The van der Waals surface area contributed by atoms with E-state index in [1.165, 1.54) is 0 Å². The first kappa shape index (κ1) is 21.2. The number of halogens is 3. The Hall–Kier alpha value is -1.83. The Labute approximate surface area is 145 Å². The molecule has 1 heterocycles. The van der Waals surface area contributed by atoms with Crippen LogP contribution in [-0.4, -0.2) is 41.2 Å². The minimum absolute atomic E-state index is 0.0595. The predicted molar refractivity (Wildman–Crippen MR) is 88.7 cm³/mol. The molecule has 25 heavy (non-hydrogen) atoms. The molecule has 1 N–H and O–H groups in total. The van der Waals surface area contributed by atoms with Gasteiger partial charge in [0, 0.05) is 18.8 Å². The zero-order valence-corrected chi connectivity index (χ0v) is 15.1. The minimum Gasteiger partial charge on any atom is -0.480 e. The van der Waals surface area contributed by atoms with Crippen LogP contribution >= 0.6 is 0 Å². The monoisotopic (exact) mass is 362 g/mol. The molecule has 1 unspecified atom stereocenters. The summed E-state index contributed by atoms with van der Waals surface area (Å²) in [5.74, 6) is -1.24. The summed E-state index contributed by atoms with van der Waals surface area (Å²) in [4.78, 5) is 25.5. The van der Waals surface area contributed by atoms with Crippen LogP contribution in [-0.2, 0) is 17.4 Å². The van der Waals surface area contributed by atoms with E-state index >= 15 is 0 Å². The van der Waals surface area contributed by atoms with Crippen molar-refractivity contribution in [2.24, 2.45) is 5.41 Å². The van der Waals surface area contributed by atoms with Gasteiger partial charge in [-0.25, -0.2) is 4.79 Å². The average molecular weight is 362 g/mol. The lowest BCUT2D eigenvalue weighted by molar-refractivity contribution is -0.142. The third kappa shape index (κ3) is 6.19. The number of carbonyl (C=O) groups is 1. The average Bonchev–Trinajstić information content (AvgIpc) is 2.41. The first-order valence-electron chi connectivity index (χ1n) is 7.92. The van der Waals surface area contributed by atoms with Gasteiger partial charge in [-0.05, 0) is 37.9 Å². The second-order valence-corrected chi connectivity index (χ2v) is 7.63. The molecule has 1 aromatic heterocycles. The number of hydrogen-bond donors (Lipinski definition) is 1. The molecule has 0 bridgehead atoms. The van der Waals surface area contributed by atoms with Gasteiger partial charge in [0.05, 0.1) is 5.56 Å². The molecular formula is C17H25F3N2O3. The van der Waals surface area contributed by atoms with Crippen molar-refractivity contribution in [3.05, 3.63) is 33.7 Å². The van der Waals surface area contributed by atoms with E-state index in [9.17, 15) is 27.9 Å². The number of carboxylic acids is 1. The van der Waals surface area contributed by atoms with E-state index in [1.54, 1.807) is 19.0 Å². The second kappa shape index (κ2) is 7.59. The van der Waals surface area contributed by atoms with E-state index in [0.29, 0.717) is 12.6 Å². The van der Waals surface area contributed by atoms with Crippen molar-refractivity contribution in [3.8, 4) is 0 Å². The van der Waals surface area contributed by atoms with Crippen LogP contribution in [0, 0.1) is 5.41 Å². The molecular weight excluding hydrogens is 337 g/mol. The molecule has 0 saturated carbocycles. The Bertz CT molecular complexity index is 673. The van der Waals surface area contributed by atoms with Crippen molar-refractivity contribution in [1.29, 1.82) is 0 Å². The zero-order chi connectivity index (χ0) is 19.6. The van der Waals surface area contributed by atoms with Gasteiger partial charge in [0.25, 0.3) is 5.56 Å². The molecule has 0 aliphatic carbocycles. The fourth-order valence-corrected chi connectivity index (χ4v) is 2.53. The van der Waals surface area contributed by atoms with Crippen molar-refractivity contribution in [1.82, 2.24) is 9.47 Å². The number of carboxylic acid groups (broad SMARTS) is 1. The molecule has 0 aliphatic heterocycles. The second-order valence-electron chi connectivity index (χ2n) is 7.63. The maximum Gasteiger partial charge on any atom is 0.416 e.